The van der Waals surface area contributed by atoms with Gasteiger partial charge in [0.25, 0.3) is 0 Å². The van der Waals surface area contributed by atoms with E-state index in [2.05, 4.69) is 11.8 Å². The smallest absolute Gasteiger partial charge is 0.770 e. The molecule has 0 aliphatic rings. The van der Waals surface area contributed by atoms with E-state index in [-0.39, 0.29) is 80.4 Å². The zero-order valence-corrected chi connectivity index (χ0v) is 16.7. The van der Waals surface area contributed by atoms with Crippen LogP contribution in [0.2, 0.25) is 0 Å². The maximum absolute atomic E-state index is 12.2. The first kappa shape index (κ1) is 21.4. The van der Waals surface area contributed by atoms with E-state index in [0.717, 1.165) is 0 Å². The number of halogens is 3. The predicted molar refractivity (Wildman–Crippen MR) is 69.6 cm³/mol. The molecule has 0 aromatic heterocycles. The molecule has 0 spiro atoms. The predicted octanol–water partition coefficient (Wildman–Crippen LogP) is 0.611. The Morgan fingerprint density at radius 2 is 2.00 bits per heavy atom. The van der Waals surface area contributed by atoms with Gasteiger partial charge in [0, 0.05) is 4.90 Å². The van der Waals surface area contributed by atoms with E-state index in [9.17, 15) is 18.1 Å². The van der Waals surface area contributed by atoms with E-state index in [1.807, 2.05) is 0 Å². The molecule has 1 aromatic rings. The van der Waals surface area contributed by atoms with Crippen LogP contribution in [0, 0.1) is 6.92 Å². The number of rotatable bonds is 5. The van der Waals surface area contributed by atoms with Crippen LogP contribution in [-0.4, -0.2) is 12.1 Å². The van der Waals surface area contributed by atoms with E-state index in [0.29, 0.717) is 5.56 Å². The van der Waals surface area contributed by atoms with E-state index >= 15 is 0 Å². The fourth-order valence-electron chi connectivity index (χ4n) is 1.23. The van der Waals surface area contributed by atoms with Crippen molar-refractivity contribution in [3.05, 3.63) is 23.8 Å². The molecule has 0 amide bonds. The summed E-state index contributed by atoms with van der Waals surface area (Å²) in [6.07, 6.45) is 0. The second kappa shape index (κ2) is 8.86. The number of hydrogen-bond donors (Lipinski definition) is 0. The Morgan fingerprint density at radius 1 is 1.40 bits per heavy atom. The third kappa shape index (κ3) is 8.12. The van der Waals surface area contributed by atoms with Crippen molar-refractivity contribution in [1.82, 2.24) is 0 Å². The van der Waals surface area contributed by atoms with E-state index < -0.39 is 12.2 Å². The molecule has 0 bridgehead atoms. The van der Waals surface area contributed by atoms with Crippen molar-refractivity contribution in [3.8, 4) is 5.75 Å². The monoisotopic (exact) mass is 370 g/mol. The molecule has 0 radical (unpaired) electrons. The summed E-state index contributed by atoms with van der Waals surface area (Å²) in [7, 11) is 0. The van der Waals surface area contributed by atoms with Gasteiger partial charge >= 0.3 is 56.9 Å². The summed E-state index contributed by atoms with van der Waals surface area (Å²) in [4.78, 5) is 11.6. The van der Waals surface area contributed by atoms with Crippen LogP contribution in [-0.2, 0) is 16.3 Å². The quantitative estimate of drug-likeness (QED) is 0.432. The Balaban J connectivity index is 0.00000361. The van der Waals surface area contributed by atoms with Crippen molar-refractivity contribution in [3.63, 3.8) is 0 Å². The molecule has 1 rings (SSSR count). The molecule has 0 N–H and O–H groups in total. The molecule has 1 aromatic carbocycles. The van der Waals surface area contributed by atoms with Gasteiger partial charge < -0.3 is 13.9 Å². The Kier molecular flexibility index (Phi) is 9.46. The molecule has 0 aliphatic heterocycles. The fraction of sp³-hybridized carbons (Fsp3) is 0.400. The van der Waals surface area contributed by atoms with Crippen molar-refractivity contribution in [1.29, 1.82) is 0 Å². The summed E-state index contributed by atoms with van der Waals surface area (Å²) in [6.45, 7) is -0.406. The molecule has 20 heavy (non-hydrogen) atoms. The van der Waals surface area contributed by atoms with Crippen molar-refractivity contribution in [2.75, 3.05) is 6.61 Å². The van der Waals surface area contributed by atoms with Gasteiger partial charge in [-0.1, -0.05) is 0 Å². The minimum absolute atomic E-state index is 0. The fourth-order valence-corrected chi connectivity index (χ4v) is 3.15. The van der Waals surface area contributed by atoms with Gasteiger partial charge in [0.15, 0.2) is 6.72 Å². The summed E-state index contributed by atoms with van der Waals surface area (Å²) < 4.78 is 46.4. The van der Waals surface area contributed by atoms with Gasteiger partial charge in [-0.05, 0) is 61.2 Å². The molecule has 0 aliphatic carbocycles. The van der Waals surface area contributed by atoms with Gasteiger partial charge in [0.05, 0.1) is 6.61 Å². The average Bonchev–Trinajstić information content (AvgIpc) is 2.19. The van der Waals surface area contributed by atoms with Crippen LogP contribution < -0.4 is 60.8 Å². The number of aryl methyl sites for hydroxylation is 1. The van der Waals surface area contributed by atoms with E-state index in [1.165, 1.54) is 25.1 Å². The Hall–Kier alpha value is 1.37. The molecule has 0 fully saturated rings. The van der Waals surface area contributed by atoms with E-state index in [4.69, 9.17) is 9.05 Å². The third-order valence-corrected chi connectivity index (χ3v) is 4.33. The maximum Gasteiger partial charge on any atom is 1.00 e. The Labute approximate surface area is 167 Å². The molecular weight excluding hydrogens is 359 g/mol. The second-order valence-corrected chi connectivity index (χ2v) is 7.22. The van der Waals surface area contributed by atoms with Crippen LogP contribution in [0.25, 0.3) is 0 Å². The summed E-state index contributed by atoms with van der Waals surface area (Å²) in [5.74, 6) is 0.121. The Morgan fingerprint density at radius 3 is 2.45 bits per heavy atom. The molecule has 108 valence electrons. The zero-order chi connectivity index (χ0) is 14.7. The zero-order valence-electron chi connectivity index (χ0n) is 11.1. The van der Waals surface area contributed by atoms with Crippen LogP contribution in [0.5, 0.6) is 5.75 Å². The first-order valence-electron chi connectivity index (χ1n) is 5.14. The van der Waals surface area contributed by atoms with Crippen LogP contribution in [0.15, 0.2) is 23.1 Å². The van der Waals surface area contributed by atoms with Crippen LogP contribution in [0.4, 0.5) is 13.2 Å². The summed E-state index contributed by atoms with van der Waals surface area (Å²) in [5.41, 5.74) is -4.00. The first-order chi connectivity index (χ1) is 8.63. The number of hydrogen-bond acceptors (Lipinski definition) is 5. The molecule has 3 nitrogen and oxygen atoms in total. The normalized spacial score (nSPS) is 14.3. The molecule has 0 saturated heterocycles. The van der Waals surface area contributed by atoms with Crippen LogP contribution in [0.1, 0.15) is 12.5 Å². The molecule has 1 atom stereocenters. The molecule has 10 heteroatoms. The SMILES string of the molecule is CCOP([O-])(=S)Oc1ccc(SC(F)(F)F)c(C)c1.[K+]. The van der Waals surface area contributed by atoms with Gasteiger partial charge in [-0.3, -0.25) is 0 Å². The summed E-state index contributed by atoms with van der Waals surface area (Å²) >= 11 is 4.40. The van der Waals surface area contributed by atoms with Crippen molar-refractivity contribution >= 4 is 30.3 Å². The molecular formula is C10H11F3KO3PS2. The van der Waals surface area contributed by atoms with Crippen molar-refractivity contribution < 1.29 is 78.5 Å². The Bertz CT molecular complexity index is 499. The number of benzene rings is 1. The average molecular weight is 370 g/mol. The van der Waals surface area contributed by atoms with Gasteiger partial charge in [0.1, 0.15) is 5.75 Å². The van der Waals surface area contributed by atoms with Gasteiger partial charge in [0.2, 0.25) is 0 Å². The number of alkyl halides is 3. The van der Waals surface area contributed by atoms with Crippen molar-refractivity contribution in [2.45, 2.75) is 24.3 Å². The number of thioether (sulfide) groups is 1. The summed E-state index contributed by atoms with van der Waals surface area (Å²) in [5, 5.41) is 0. The molecule has 0 saturated carbocycles. The maximum atomic E-state index is 12.2. The topological polar surface area (TPSA) is 41.5 Å². The second-order valence-electron chi connectivity index (χ2n) is 3.43. The first-order valence-corrected chi connectivity index (χ1v) is 8.52. The van der Waals surface area contributed by atoms with Crippen molar-refractivity contribution in [2.24, 2.45) is 0 Å². The van der Waals surface area contributed by atoms with E-state index in [1.54, 1.807) is 6.92 Å². The van der Waals surface area contributed by atoms with Crippen LogP contribution in [0.3, 0.4) is 0 Å². The summed E-state index contributed by atoms with van der Waals surface area (Å²) in [6, 6.07) is 3.86. The minimum Gasteiger partial charge on any atom is -0.770 e. The van der Waals surface area contributed by atoms with Gasteiger partial charge in [-0.15, -0.1) is 0 Å². The van der Waals surface area contributed by atoms with Crippen LogP contribution >= 0.6 is 18.5 Å². The molecule has 1 unspecified atom stereocenters. The standard InChI is InChI=1S/C10H12F3O3PS2.K/c1-3-15-17(14,18)16-8-4-5-9(7(2)6-8)19-10(11,12)13;/h4-6H,3H2,1-2H3,(H,14,18);/q;+1/p-1. The third-order valence-electron chi connectivity index (χ3n) is 1.88. The largest absolute Gasteiger partial charge is 1.00 e. The molecule has 0 heterocycles. The minimum atomic E-state index is -4.36. The van der Waals surface area contributed by atoms with Gasteiger partial charge in [-0.25, -0.2) is 0 Å². The van der Waals surface area contributed by atoms with Gasteiger partial charge in [-0.2, -0.15) is 13.2 Å².